The summed E-state index contributed by atoms with van der Waals surface area (Å²) in [4.78, 5) is 20.5. The first-order chi connectivity index (χ1) is 5.13. The van der Waals surface area contributed by atoms with Gasteiger partial charge in [-0.2, -0.15) is 8.75 Å². The maximum absolute atomic E-state index is 10.2. The third kappa shape index (κ3) is 2.57. The molecule has 8 heteroatoms. The molecule has 0 saturated carbocycles. The minimum absolute atomic E-state index is 0. The SMILES string of the molecule is O=C(O)c1nsnc1C(=O)O.[K]. The first-order valence-electron chi connectivity index (χ1n) is 2.42. The van der Waals surface area contributed by atoms with Crippen LogP contribution < -0.4 is 0 Å². The van der Waals surface area contributed by atoms with Gasteiger partial charge in [-0.25, -0.2) is 9.59 Å². The van der Waals surface area contributed by atoms with E-state index in [1.165, 1.54) is 0 Å². The summed E-state index contributed by atoms with van der Waals surface area (Å²) in [5.41, 5.74) is -1.02. The largest absolute Gasteiger partial charge is 0.476 e. The van der Waals surface area contributed by atoms with Gasteiger partial charge < -0.3 is 10.2 Å². The monoisotopic (exact) mass is 213 g/mol. The van der Waals surface area contributed by atoms with Crippen LogP contribution in [0.25, 0.3) is 0 Å². The molecule has 1 rings (SSSR count). The average Bonchev–Trinajstić information content (AvgIpc) is 2.32. The zero-order chi connectivity index (χ0) is 8.43. The molecule has 2 N–H and O–H groups in total. The van der Waals surface area contributed by atoms with Crippen LogP contribution in [0.1, 0.15) is 21.0 Å². The quantitative estimate of drug-likeness (QED) is 0.645. The molecule has 0 aromatic carbocycles. The molecule has 1 radical (unpaired) electrons. The number of aromatic nitrogens is 2. The van der Waals surface area contributed by atoms with E-state index in [0.717, 1.165) is 0 Å². The predicted molar refractivity (Wildman–Crippen MR) is 39.6 cm³/mol. The number of carbonyl (C=O) groups is 2. The zero-order valence-electron chi connectivity index (χ0n) is 6.01. The van der Waals surface area contributed by atoms with E-state index >= 15 is 0 Å². The summed E-state index contributed by atoms with van der Waals surface area (Å²) in [5, 5.41) is 16.7. The Morgan fingerprint density at radius 2 is 1.42 bits per heavy atom. The van der Waals surface area contributed by atoms with Gasteiger partial charge in [-0.3, -0.25) is 0 Å². The van der Waals surface area contributed by atoms with Gasteiger partial charge in [0, 0.05) is 51.4 Å². The summed E-state index contributed by atoms with van der Waals surface area (Å²) in [5.74, 6) is -2.76. The molecule has 0 fully saturated rings. The summed E-state index contributed by atoms with van der Waals surface area (Å²) in [6.07, 6.45) is 0. The van der Waals surface area contributed by atoms with Gasteiger partial charge in [-0.15, -0.1) is 0 Å². The summed E-state index contributed by atoms with van der Waals surface area (Å²) in [6, 6.07) is 0. The maximum atomic E-state index is 10.2. The number of carboxylic acids is 2. The number of nitrogens with zero attached hydrogens (tertiary/aromatic N) is 2. The second kappa shape index (κ2) is 4.99. The van der Waals surface area contributed by atoms with Crippen molar-refractivity contribution >= 4 is 75.1 Å². The second-order valence-electron chi connectivity index (χ2n) is 1.57. The minimum Gasteiger partial charge on any atom is -0.476 e. The van der Waals surface area contributed by atoms with Crippen LogP contribution in [0.3, 0.4) is 0 Å². The molecule has 0 aliphatic heterocycles. The van der Waals surface area contributed by atoms with E-state index < -0.39 is 23.3 Å². The van der Waals surface area contributed by atoms with E-state index in [9.17, 15) is 9.59 Å². The van der Waals surface area contributed by atoms with Crippen molar-refractivity contribution in [2.75, 3.05) is 0 Å². The number of rotatable bonds is 2. The van der Waals surface area contributed by atoms with Crippen molar-refractivity contribution < 1.29 is 19.8 Å². The van der Waals surface area contributed by atoms with Crippen molar-refractivity contribution in [1.29, 1.82) is 0 Å². The van der Waals surface area contributed by atoms with E-state index in [2.05, 4.69) is 8.75 Å². The number of carboxylic acid groups (broad SMARTS) is 2. The Labute approximate surface area is 113 Å². The van der Waals surface area contributed by atoms with Crippen LogP contribution in [0.4, 0.5) is 0 Å². The average molecular weight is 213 g/mol. The third-order valence-corrected chi connectivity index (χ3v) is 1.42. The molecular formula is C4H2KN2O4S. The molecule has 0 bridgehead atoms. The Morgan fingerprint density at radius 3 is 1.67 bits per heavy atom. The molecule has 1 aromatic heterocycles. The van der Waals surface area contributed by atoms with E-state index in [4.69, 9.17) is 10.2 Å². The van der Waals surface area contributed by atoms with Crippen molar-refractivity contribution in [2.45, 2.75) is 0 Å². The Kier molecular flexibility index (Phi) is 5.05. The Bertz CT molecular complexity index is 283. The number of hydrogen-bond acceptors (Lipinski definition) is 5. The van der Waals surface area contributed by atoms with Crippen LogP contribution in [0.2, 0.25) is 0 Å². The van der Waals surface area contributed by atoms with Gasteiger partial charge >= 0.3 is 11.9 Å². The van der Waals surface area contributed by atoms with E-state index in [-0.39, 0.29) is 51.4 Å². The summed E-state index contributed by atoms with van der Waals surface area (Å²) < 4.78 is 6.57. The molecule has 6 nitrogen and oxygen atoms in total. The van der Waals surface area contributed by atoms with Gasteiger partial charge in [0.05, 0.1) is 11.7 Å². The molecule has 0 spiro atoms. The van der Waals surface area contributed by atoms with Gasteiger partial charge in [-0.1, -0.05) is 0 Å². The van der Waals surface area contributed by atoms with Crippen LogP contribution in [0.5, 0.6) is 0 Å². The first kappa shape index (κ1) is 12.1. The van der Waals surface area contributed by atoms with Gasteiger partial charge in [-0.05, 0) is 0 Å². The molecule has 0 amide bonds. The van der Waals surface area contributed by atoms with Gasteiger partial charge in [0.2, 0.25) is 0 Å². The van der Waals surface area contributed by atoms with Gasteiger partial charge in [0.1, 0.15) is 0 Å². The maximum Gasteiger partial charge on any atom is 0.358 e. The van der Waals surface area contributed by atoms with Crippen molar-refractivity contribution in [2.24, 2.45) is 0 Å². The smallest absolute Gasteiger partial charge is 0.358 e. The fourth-order valence-electron chi connectivity index (χ4n) is 0.469. The second-order valence-corrected chi connectivity index (χ2v) is 2.10. The standard InChI is InChI=1S/C4H2N2O4S.K/c7-3(8)1-2(4(9)10)6-11-5-1;/h(H,7,8)(H,9,10);. The van der Waals surface area contributed by atoms with Crippen molar-refractivity contribution in [3.8, 4) is 0 Å². The fourth-order valence-corrected chi connectivity index (χ4v) is 1.00. The minimum atomic E-state index is -1.38. The number of hydrogen-bond donors (Lipinski definition) is 2. The summed E-state index contributed by atoms with van der Waals surface area (Å²) in [6.45, 7) is 0. The number of aromatic carboxylic acids is 2. The fraction of sp³-hybridized carbons (Fsp3) is 0. The van der Waals surface area contributed by atoms with Crippen LogP contribution in [-0.4, -0.2) is 82.3 Å². The summed E-state index contributed by atoms with van der Waals surface area (Å²) in [7, 11) is 0. The van der Waals surface area contributed by atoms with Crippen LogP contribution in [0.15, 0.2) is 0 Å². The molecule has 0 unspecified atom stereocenters. The Balaban J connectivity index is 0.00000121. The Hall–Kier alpha value is 0.136. The molecule has 0 aliphatic rings. The Morgan fingerprint density at radius 1 is 1.08 bits per heavy atom. The van der Waals surface area contributed by atoms with Crippen LogP contribution >= 0.6 is 11.7 Å². The van der Waals surface area contributed by atoms with Crippen molar-refractivity contribution in [3.05, 3.63) is 11.4 Å². The van der Waals surface area contributed by atoms with E-state index in [0.29, 0.717) is 11.7 Å². The predicted octanol–water partition coefficient (Wildman–Crippen LogP) is -0.446. The molecular weight excluding hydrogens is 211 g/mol. The van der Waals surface area contributed by atoms with Crippen LogP contribution in [0, 0.1) is 0 Å². The van der Waals surface area contributed by atoms with E-state index in [1.807, 2.05) is 0 Å². The molecule has 59 valence electrons. The normalized spacial score (nSPS) is 8.67. The summed E-state index contributed by atoms with van der Waals surface area (Å²) >= 11 is 0.561. The molecule has 0 saturated heterocycles. The molecule has 1 aromatic rings. The van der Waals surface area contributed by atoms with E-state index in [1.54, 1.807) is 0 Å². The molecule has 1 heterocycles. The van der Waals surface area contributed by atoms with Crippen molar-refractivity contribution in [1.82, 2.24) is 8.75 Å². The third-order valence-electron chi connectivity index (χ3n) is 0.894. The molecule has 12 heavy (non-hydrogen) atoms. The molecule has 0 atom stereocenters. The van der Waals surface area contributed by atoms with Gasteiger partial charge in [0.15, 0.2) is 11.4 Å². The first-order valence-corrected chi connectivity index (χ1v) is 3.15. The zero-order valence-corrected chi connectivity index (χ0v) is 9.95. The van der Waals surface area contributed by atoms with Gasteiger partial charge in [0.25, 0.3) is 0 Å². The van der Waals surface area contributed by atoms with Crippen molar-refractivity contribution in [3.63, 3.8) is 0 Å². The topological polar surface area (TPSA) is 100 Å². The molecule has 0 aliphatic carbocycles. The van der Waals surface area contributed by atoms with Crippen LogP contribution in [-0.2, 0) is 0 Å².